The van der Waals surface area contributed by atoms with E-state index in [1.807, 2.05) is 31.2 Å². The average Bonchev–Trinajstić information content (AvgIpc) is 2.28. The molecule has 4 heteroatoms. The number of rotatable bonds is 5. The minimum Gasteiger partial charge on any atom is -0.467 e. The van der Waals surface area contributed by atoms with E-state index in [2.05, 4.69) is 5.32 Å². The number of hydrogen-bond acceptors (Lipinski definition) is 4. The molecule has 1 rings (SSSR count). The van der Waals surface area contributed by atoms with E-state index in [1.165, 1.54) is 7.11 Å². The first-order valence-corrected chi connectivity index (χ1v) is 5.44. The quantitative estimate of drug-likeness (QED) is 0.795. The van der Waals surface area contributed by atoms with E-state index in [9.17, 15) is 4.79 Å². The monoisotopic (exact) mass is 237 g/mol. The minimum atomic E-state index is -0.878. The molecule has 1 N–H and O–H groups in total. The lowest BCUT2D eigenvalue weighted by Crippen LogP contribution is -2.48. The zero-order chi connectivity index (χ0) is 12.9. The third-order valence-corrected chi connectivity index (χ3v) is 2.51. The van der Waals surface area contributed by atoms with Gasteiger partial charge in [0, 0.05) is 12.8 Å². The molecule has 0 aliphatic heterocycles. The first-order valence-electron chi connectivity index (χ1n) is 5.44. The number of esters is 1. The summed E-state index contributed by atoms with van der Waals surface area (Å²) in [5.41, 5.74) is 1.12. The highest BCUT2D eigenvalue weighted by molar-refractivity contribution is 5.84. The van der Waals surface area contributed by atoms with Gasteiger partial charge in [-0.05, 0) is 31.5 Å². The van der Waals surface area contributed by atoms with Crippen LogP contribution in [0.5, 0.6) is 0 Å². The number of ether oxygens (including phenoxy) is 2. The van der Waals surface area contributed by atoms with Gasteiger partial charge in [-0.2, -0.15) is 0 Å². The van der Waals surface area contributed by atoms with Crippen LogP contribution in [0.25, 0.3) is 0 Å². The van der Waals surface area contributed by atoms with Crippen LogP contribution in [-0.2, 0) is 14.3 Å². The lowest BCUT2D eigenvalue weighted by molar-refractivity contribution is -0.147. The van der Waals surface area contributed by atoms with E-state index in [0.29, 0.717) is 0 Å². The van der Waals surface area contributed by atoms with Crippen LogP contribution >= 0.6 is 0 Å². The summed E-state index contributed by atoms with van der Waals surface area (Å²) in [5, 5.41) is 3.15. The molecule has 0 amide bonds. The number of anilines is 1. The minimum absolute atomic E-state index is 0.244. The van der Waals surface area contributed by atoms with Crippen LogP contribution in [0.4, 0.5) is 5.69 Å². The molecule has 0 fully saturated rings. The van der Waals surface area contributed by atoms with E-state index in [4.69, 9.17) is 9.47 Å². The molecule has 1 aromatic rings. The van der Waals surface area contributed by atoms with Crippen LogP contribution in [0.1, 0.15) is 12.5 Å². The summed E-state index contributed by atoms with van der Waals surface area (Å²) in [6, 6.07) is 7.81. The van der Waals surface area contributed by atoms with Crippen molar-refractivity contribution in [2.24, 2.45) is 0 Å². The Hall–Kier alpha value is -1.55. The Morgan fingerprint density at radius 1 is 1.41 bits per heavy atom. The number of carbonyl (C=O) groups excluding carboxylic acids is 1. The molecule has 0 saturated heterocycles. The third kappa shape index (κ3) is 3.46. The average molecular weight is 237 g/mol. The summed E-state index contributed by atoms with van der Waals surface area (Å²) in [4.78, 5) is 11.7. The van der Waals surface area contributed by atoms with Crippen molar-refractivity contribution in [1.29, 1.82) is 0 Å². The molecule has 94 valence electrons. The van der Waals surface area contributed by atoms with Gasteiger partial charge >= 0.3 is 5.97 Å². The van der Waals surface area contributed by atoms with Gasteiger partial charge in [-0.25, -0.2) is 4.79 Å². The zero-order valence-electron chi connectivity index (χ0n) is 10.7. The molecule has 0 saturated carbocycles. The van der Waals surface area contributed by atoms with Crippen LogP contribution in [0.3, 0.4) is 0 Å². The van der Waals surface area contributed by atoms with Gasteiger partial charge in [0.05, 0.1) is 13.7 Å². The van der Waals surface area contributed by atoms with E-state index in [-0.39, 0.29) is 12.6 Å². The summed E-state index contributed by atoms with van der Waals surface area (Å²) in [5.74, 6) is -0.346. The lowest BCUT2D eigenvalue weighted by atomic mass is 10.0. The van der Waals surface area contributed by atoms with Crippen LogP contribution in [-0.4, -0.2) is 32.3 Å². The Balaban J connectivity index is 2.90. The largest absolute Gasteiger partial charge is 0.467 e. The van der Waals surface area contributed by atoms with Crippen molar-refractivity contribution in [1.82, 2.24) is 0 Å². The van der Waals surface area contributed by atoms with Crippen molar-refractivity contribution in [2.75, 3.05) is 26.1 Å². The van der Waals surface area contributed by atoms with Gasteiger partial charge in [0.2, 0.25) is 0 Å². The van der Waals surface area contributed by atoms with Crippen molar-refractivity contribution < 1.29 is 14.3 Å². The first-order chi connectivity index (χ1) is 8.01. The Labute approximate surface area is 102 Å². The topological polar surface area (TPSA) is 47.6 Å². The van der Waals surface area contributed by atoms with Crippen LogP contribution in [0, 0.1) is 6.92 Å². The van der Waals surface area contributed by atoms with Gasteiger partial charge in [-0.15, -0.1) is 0 Å². The van der Waals surface area contributed by atoms with E-state index in [1.54, 1.807) is 14.0 Å². The van der Waals surface area contributed by atoms with Gasteiger partial charge in [0.1, 0.15) is 0 Å². The second kappa shape index (κ2) is 5.68. The first kappa shape index (κ1) is 13.5. The fourth-order valence-electron chi connectivity index (χ4n) is 1.70. The molecule has 1 aromatic carbocycles. The molecular weight excluding hydrogens is 218 g/mol. The molecular formula is C13H19NO3. The summed E-state index contributed by atoms with van der Waals surface area (Å²) < 4.78 is 9.86. The van der Waals surface area contributed by atoms with Gasteiger partial charge < -0.3 is 14.8 Å². The van der Waals surface area contributed by atoms with E-state index < -0.39 is 5.54 Å². The number of methoxy groups -OCH3 is 2. The van der Waals surface area contributed by atoms with Crippen molar-refractivity contribution >= 4 is 11.7 Å². The number of carbonyl (C=O) groups is 1. The number of hydrogen-bond donors (Lipinski definition) is 1. The maximum atomic E-state index is 11.7. The Bertz CT molecular complexity index is 392. The number of benzene rings is 1. The second-order valence-electron chi connectivity index (χ2n) is 4.25. The predicted molar refractivity (Wildman–Crippen MR) is 67.1 cm³/mol. The number of aryl methyl sites for hydroxylation is 1. The normalized spacial score (nSPS) is 13.9. The molecule has 0 bridgehead atoms. The maximum absolute atomic E-state index is 11.7. The van der Waals surface area contributed by atoms with Gasteiger partial charge in [-0.1, -0.05) is 12.1 Å². The molecule has 0 aromatic heterocycles. The smallest absolute Gasteiger partial charge is 0.333 e. The highest BCUT2D eigenvalue weighted by atomic mass is 16.5. The fraction of sp³-hybridized carbons (Fsp3) is 0.462. The molecule has 1 atom stereocenters. The molecule has 0 heterocycles. The molecule has 0 spiro atoms. The fourth-order valence-corrected chi connectivity index (χ4v) is 1.70. The van der Waals surface area contributed by atoms with Crippen molar-refractivity contribution in [3.63, 3.8) is 0 Å². The summed E-state index contributed by atoms with van der Waals surface area (Å²) in [6.45, 7) is 4.00. The SMILES string of the molecule is COCC(C)(Nc1cccc(C)c1)C(=O)OC. The highest BCUT2D eigenvalue weighted by Crippen LogP contribution is 2.18. The van der Waals surface area contributed by atoms with E-state index in [0.717, 1.165) is 11.3 Å². The van der Waals surface area contributed by atoms with Crippen LogP contribution < -0.4 is 5.32 Å². The van der Waals surface area contributed by atoms with Gasteiger partial charge in [-0.3, -0.25) is 0 Å². The van der Waals surface area contributed by atoms with Crippen LogP contribution in [0.2, 0.25) is 0 Å². The van der Waals surface area contributed by atoms with Gasteiger partial charge in [0.25, 0.3) is 0 Å². The molecule has 4 nitrogen and oxygen atoms in total. The summed E-state index contributed by atoms with van der Waals surface area (Å²) in [7, 11) is 2.92. The molecule has 0 aliphatic rings. The predicted octanol–water partition coefficient (Wildman–Crippen LogP) is 1.99. The van der Waals surface area contributed by atoms with Gasteiger partial charge in [0.15, 0.2) is 5.54 Å². The standard InChI is InChI=1S/C13H19NO3/c1-10-6-5-7-11(8-10)14-13(2,9-16-3)12(15)17-4/h5-8,14H,9H2,1-4H3. The Morgan fingerprint density at radius 3 is 2.65 bits per heavy atom. The zero-order valence-corrected chi connectivity index (χ0v) is 10.7. The number of nitrogens with one attached hydrogen (secondary N) is 1. The third-order valence-electron chi connectivity index (χ3n) is 2.51. The van der Waals surface area contributed by atoms with Crippen molar-refractivity contribution in [3.05, 3.63) is 29.8 Å². The molecule has 0 radical (unpaired) electrons. The molecule has 1 unspecified atom stereocenters. The van der Waals surface area contributed by atoms with E-state index >= 15 is 0 Å². The molecule has 0 aliphatic carbocycles. The highest BCUT2D eigenvalue weighted by Gasteiger charge is 2.34. The summed E-state index contributed by atoms with van der Waals surface area (Å²) in [6.07, 6.45) is 0. The van der Waals surface area contributed by atoms with Crippen molar-refractivity contribution in [2.45, 2.75) is 19.4 Å². The Morgan fingerprint density at radius 2 is 2.12 bits per heavy atom. The summed E-state index contributed by atoms with van der Waals surface area (Å²) >= 11 is 0. The van der Waals surface area contributed by atoms with Crippen LogP contribution in [0.15, 0.2) is 24.3 Å². The Kier molecular flexibility index (Phi) is 4.52. The lowest BCUT2D eigenvalue weighted by Gasteiger charge is -2.28. The molecule has 17 heavy (non-hydrogen) atoms. The second-order valence-corrected chi connectivity index (χ2v) is 4.25. The van der Waals surface area contributed by atoms with Crippen molar-refractivity contribution in [3.8, 4) is 0 Å². The maximum Gasteiger partial charge on any atom is 0.333 e.